The Morgan fingerprint density at radius 3 is 2.74 bits per heavy atom. The highest BCUT2D eigenvalue weighted by Crippen LogP contribution is 2.30. The zero-order valence-corrected chi connectivity index (χ0v) is 10.6. The van der Waals surface area contributed by atoms with Crippen LogP contribution in [0.4, 0.5) is 0 Å². The van der Waals surface area contributed by atoms with Crippen molar-refractivity contribution >= 4 is 5.97 Å². The monoisotopic (exact) mass is 262 g/mol. The lowest BCUT2D eigenvalue weighted by atomic mass is 10.0. The first-order chi connectivity index (χ1) is 9.17. The van der Waals surface area contributed by atoms with Gasteiger partial charge in [-0.3, -0.25) is 0 Å². The number of methoxy groups -OCH3 is 2. The fraction of sp³-hybridized carbons (Fsp3) is 0.214. The summed E-state index contributed by atoms with van der Waals surface area (Å²) in [6.45, 7) is 0. The first-order valence-electron chi connectivity index (χ1n) is 5.64. The molecule has 0 aliphatic rings. The molecule has 1 atom stereocenters. The number of benzene rings is 1. The SMILES string of the molecule is COc1cccc(C(OC)c2occc2C(=O)O)c1. The number of furan rings is 1. The number of carbonyl (C=O) groups is 1. The first kappa shape index (κ1) is 13.2. The summed E-state index contributed by atoms with van der Waals surface area (Å²) in [6, 6.07) is 8.62. The fourth-order valence-electron chi connectivity index (χ4n) is 1.90. The lowest BCUT2D eigenvalue weighted by molar-refractivity contribution is 0.0678. The molecule has 0 aliphatic heterocycles. The van der Waals surface area contributed by atoms with Crippen LogP contribution in [0, 0.1) is 0 Å². The lowest BCUT2D eigenvalue weighted by Crippen LogP contribution is -2.08. The molecule has 2 aromatic rings. The Morgan fingerprint density at radius 2 is 2.11 bits per heavy atom. The minimum Gasteiger partial charge on any atom is -0.497 e. The molecule has 5 heteroatoms. The summed E-state index contributed by atoms with van der Waals surface area (Å²) in [6.07, 6.45) is 0.751. The van der Waals surface area contributed by atoms with E-state index >= 15 is 0 Å². The number of hydrogen-bond donors (Lipinski definition) is 1. The molecule has 2 rings (SSSR count). The van der Waals surface area contributed by atoms with Crippen molar-refractivity contribution in [3.8, 4) is 5.75 Å². The predicted molar refractivity (Wildman–Crippen MR) is 67.5 cm³/mol. The topological polar surface area (TPSA) is 68.9 Å². The maximum absolute atomic E-state index is 11.1. The van der Waals surface area contributed by atoms with E-state index in [-0.39, 0.29) is 11.3 Å². The Labute approximate surface area is 110 Å². The Bertz CT molecular complexity index is 573. The van der Waals surface area contributed by atoms with Crippen LogP contribution in [0.5, 0.6) is 5.75 Å². The molecule has 0 fully saturated rings. The zero-order chi connectivity index (χ0) is 13.8. The van der Waals surface area contributed by atoms with Crippen molar-refractivity contribution in [3.05, 3.63) is 53.5 Å². The Morgan fingerprint density at radius 1 is 1.32 bits per heavy atom. The second kappa shape index (κ2) is 5.58. The second-order valence-electron chi connectivity index (χ2n) is 3.90. The summed E-state index contributed by atoms with van der Waals surface area (Å²) in [5.41, 5.74) is 0.856. The van der Waals surface area contributed by atoms with E-state index in [0.717, 1.165) is 5.56 Å². The molecule has 1 aromatic heterocycles. The largest absolute Gasteiger partial charge is 0.497 e. The molecule has 0 saturated carbocycles. The molecule has 0 saturated heterocycles. The highest BCUT2D eigenvalue weighted by atomic mass is 16.5. The van der Waals surface area contributed by atoms with Gasteiger partial charge in [0.2, 0.25) is 0 Å². The molecular weight excluding hydrogens is 248 g/mol. The van der Waals surface area contributed by atoms with E-state index in [0.29, 0.717) is 5.75 Å². The molecule has 0 aliphatic carbocycles. The van der Waals surface area contributed by atoms with Crippen LogP contribution in [0.3, 0.4) is 0 Å². The number of carboxylic acids is 1. The van der Waals surface area contributed by atoms with Crippen LogP contribution < -0.4 is 4.74 Å². The third-order valence-electron chi connectivity index (χ3n) is 2.80. The van der Waals surface area contributed by atoms with Crippen molar-refractivity contribution in [1.82, 2.24) is 0 Å². The van der Waals surface area contributed by atoms with Gasteiger partial charge < -0.3 is 19.0 Å². The van der Waals surface area contributed by atoms with E-state index in [9.17, 15) is 4.79 Å². The highest BCUT2D eigenvalue weighted by molar-refractivity contribution is 5.88. The van der Waals surface area contributed by atoms with Crippen LogP contribution in [-0.4, -0.2) is 25.3 Å². The van der Waals surface area contributed by atoms with Gasteiger partial charge in [-0.2, -0.15) is 0 Å². The van der Waals surface area contributed by atoms with Gasteiger partial charge in [0.25, 0.3) is 0 Å². The summed E-state index contributed by atoms with van der Waals surface area (Å²) in [7, 11) is 3.06. The third kappa shape index (κ3) is 2.61. The number of ether oxygens (including phenoxy) is 2. The van der Waals surface area contributed by atoms with E-state index in [4.69, 9.17) is 19.0 Å². The van der Waals surface area contributed by atoms with Gasteiger partial charge >= 0.3 is 5.97 Å². The molecule has 1 heterocycles. The molecule has 19 heavy (non-hydrogen) atoms. The van der Waals surface area contributed by atoms with Crippen molar-refractivity contribution in [1.29, 1.82) is 0 Å². The Balaban J connectivity index is 2.43. The van der Waals surface area contributed by atoms with Gasteiger partial charge in [-0.1, -0.05) is 12.1 Å². The molecule has 1 aromatic carbocycles. The first-order valence-corrected chi connectivity index (χ1v) is 5.64. The Hall–Kier alpha value is -2.27. The molecule has 0 bridgehead atoms. The van der Waals surface area contributed by atoms with Gasteiger partial charge in [-0.05, 0) is 23.8 Å². The summed E-state index contributed by atoms with van der Waals surface area (Å²) < 4.78 is 15.8. The lowest BCUT2D eigenvalue weighted by Gasteiger charge is -2.15. The number of aromatic carboxylic acids is 1. The van der Waals surface area contributed by atoms with Crippen molar-refractivity contribution in [2.75, 3.05) is 14.2 Å². The number of carboxylic acid groups (broad SMARTS) is 1. The third-order valence-corrected chi connectivity index (χ3v) is 2.80. The van der Waals surface area contributed by atoms with Crippen LogP contribution in [-0.2, 0) is 4.74 Å². The van der Waals surface area contributed by atoms with Crippen molar-refractivity contribution in [2.24, 2.45) is 0 Å². The molecule has 0 radical (unpaired) electrons. The van der Waals surface area contributed by atoms with Gasteiger partial charge in [0, 0.05) is 7.11 Å². The van der Waals surface area contributed by atoms with Crippen LogP contribution in [0.15, 0.2) is 41.0 Å². The van der Waals surface area contributed by atoms with Crippen molar-refractivity contribution in [3.63, 3.8) is 0 Å². The molecule has 1 N–H and O–H groups in total. The second-order valence-corrected chi connectivity index (χ2v) is 3.90. The molecule has 0 spiro atoms. The minimum absolute atomic E-state index is 0.0923. The highest BCUT2D eigenvalue weighted by Gasteiger charge is 2.24. The van der Waals surface area contributed by atoms with E-state index in [1.807, 2.05) is 12.1 Å². The average Bonchev–Trinajstić information content (AvgIpc) is 2.89. The molecule has 0 amide bonds. The van der Waals surface area contributed by atoms with E-state index < -0.39 is 12.1 Å². The van der Waals surface area contributed by atoms with Gasteiger partial charge in [-0.25, -0.2) is 4.79 Å². The summed E-state index contributed by atoms with van der Waals surface area (Å²) >= 11 is 0. The number of hydrogen-bond acceptors (Lipinski definition) is 4. The van der Waals surface area contributed by atoms with Crippen LogP contribution >= 0.6 is 0 Å². The minimum atomic E-state index is -1.05. The maximum atomic E-state index is 11.1. The molecule has 5 nitrogen and oxygen atoms in total. The van der Waals surface area contributed by atoms with Gasteiger partial charge in [-0.15, -0.1) is 0 Å². The van der Waals surface area contributed by atoms with E-state index in [1.165, 1.54) is 19.4 Å². The van der Waals surface area contributed by atoms with Crippen molar-refractivity contribution < 1.29 is 23.8 Å². The predicted octanol–water partition coefficient (Wildman–Crippen LogP) is 2.72. The van der Waals surface area contributed by atoms with Crippen molar-refractivity contribution in [2.45, 2.75) is 6.10 Å². The summed E-state index contributed by atoms with van der Waals surface area (Å²) in [5.74, 6) is -0.111. The van der Waals surface area contributed by atoms with Crippen LogP contribution in [0.2, 0.25) is 0 Å². The van der Waals surface area contributed by atoms with Gasteiger partial charge in [0.1, 0.15) is 17.4 Å². The van der Waals surface area contributed by atoms with Gasteiger partial charge in [0.05, 0.1) is 13.4 Å². The van der Waals surface area contributed by atoms with E-state index in [2.05, 4.69) is 0 Å². The molecule has 1 unspecified atom stereocenters. The smallest absolute Gasteiger partial charge is 0.339 e. The summed E-state index contributed by atoms with van der Waals surface area (Å²) in [4.78, 5) is 11.1. The standard InChI is InChI=1S/C14H14O5/c1-17-10-5-3-4-9(8-10)12(18-2)13-11(14(15)16)6-7-19-13/h3-8,12H,1-2H3,(H,15,16). The van der Waals surface area contributed by atoms with Crippen LogP contribution in [0.1, 0.15) is 27.8 Å². The molecular formula is C14H14O5. The average molecular weight is 262 g/mol. The van der Waals surface area contributed by atoms with Gasteiger partial charge in [0.15, 0.2) is 5.76 Å². The van der Waals surface area contributed by atoms with E-state index in [1.54, 1.807) is 19.2 Å². The quantitative estimate of drug-likeness (QED) is 0.897. The maximum Gasteiger partial charge on any atom is 0.339 e. The molecule has 100 valence electrons. The Kier molecular flexibility index (Phi) is 3.87. The number of rotatable bonds is 5. The summed E-state index contributed by atoms with van der Waals surface area (Å²) in [5, 5.41) is 9.11. The fourth-order valence-corrected chi connectivity index (χ4v) is 1.90. The van der Waals surface area contributed by atoms with Crippen LogP contribution in [0.25, 0.3) is 0 Å². The normalized spacial score (nSPS) is 12.1. The zero-order valence-electron chi connectivity index (χ0n) is 10.6.